The zero-order valence-electron chi connectivity index (χ0n) is 14.9. The van der Waals surface area contributed by atoms with Gasteiger partial charge in [-0.2, -0.15) is 5.10 Å². The first-order valence-electron chi connectivity index (χ1n) is 8.73. The molecule has 0 bridgehead atoms. The van der Waals surface area contributed by atoms with E-state index in [1.807, 2.05) is 36.9 Å². The van der Waals surface area contributed by atoms with Crippen LogP contribution in [0.4, 0.5) is 0 Å². The molecule has 1 atom stereocenters. The van der Waals surface area contributed by atoms with Crippen LogP contribution in [0.25, 0.3) is 22.3 Å². The number of benzene rings is 1. The summed E-state index contributed by atoms with van der Waals surface area (Å²) in [6.07, 6.45) is 4.16. The Kier molecular flexibility index (Phi) is 3.92. The van der Waals surface area contributed by atoms with Crippen LogP contribution in [0.2, 0.25) is 0 Å². The fraction of sp³-hybridized carbons (Fsp3) is 0.421. The number of hydrogen-bond donors (Lipinski definition) is 1. The zero-order valence-corrected chi connectivity index (χ0v) is 14.9. The number of aromatic nitrogens is 4. The Bertz CT molecular complexity index is 933. The number of phenolic OH excluding ortho intramolecular Hbond substituents is 1. The summed E-state index contributed by atoms with van der Waals surface area (Å²) >= 11 is 0. The standard InChI is InChI=1S/C19H23N5O/c1-12-6-7-15(17(25)9-12)18-13(2)16-10-20-24(19(16)22-21-18)14-5-4-8-23(3)11-14/h6-7,9-10,14,25H,4-5,8,11H2,1-3H3/t14-/m1/s1. The number of piperidine rings is 1. The van der Waals surface area contributed by atoms with Crippen molar-refractivity contribution in [2.75, 3.05) is 20.1 Å². The Morgan fingerprint density at radius 2 is 2.04 bits per heavy atom. The Morgan fingerprint density at radius 1 is 1.20 bits per heavy atom. The minimum Gasteiger partial charge on any atom is -0.507 e. The molecule has 2 aromatic heterocycles. The second kappa shape index (κ2) is 6.11. The van der Waals surface area contributed by atoms with Gasteiger partial charge in [0.1, 0.15) is 11.4 Å². The molecule has 1 aliphatic rings. The van der Waals surface area contributed by atoms with Crippen LogP contribution in [-0.2, 0) is 0 Å². The van der Waals surface area contributed by atoms with E-state index >= 15 is 0 Å². The lowest BCUT2D eigenvalue weighted by Gasteiger charge is -2.29. The maximum Gasteiger partial charge on any atom is 0.181 e. The molecule has 0 saturated carbocycles. The number of likely N-dealkylation sites (N-methyl/N-ethyl adjacent to an activating group) is 1. The molecule has 1 aromatic carbocycles. The van der Waals surface area contributed by atoms with Gasteiger partial charge in [0.25, 0.3) is 0 Å². The van der Waals surface area contributed by atoms with E-state index < -0.39 is 0 Å². The fourth-order valence-corrected chi connectivity index (χ4v) is 3.72. The Hall–Kier alpha value is -2.47. The zero-order chi connectivity index (χ0) is 17.6. The molecular formula is C19H23N5O. The number of likely N-dealkylation sites (tertiary alicyclic amines) is 1. The first-order valence-corrected chi connectivity index (χ1v) is 8.73. The third-order valence-corrected chi connectivity index (χ3v) is 5.13. The van der Waals surface area contributed by atoms with Crippen LogP contribution in [0.1, 0.15) is 30.0 Å². The van der Waals surface area contributed by atoms with Crippen molar-refractivity contribution in [1.29, 1.82) is 0 Å². The fourth-order valence-electron chi connectivity index (χ4n) is 3.72. The maximum absolute atomic E-state index is 10.3. The van der Waals surface area contributed by atoms with E-state index in [9.17, 15) is 5.11 Å². The van der Waals surface area contributed by atoms with E-state index in [1.54, 1.807) is 6.07 Å². The molecule has 1 N–H and O–H groups in total. The molecular weight excluding hydrogens is 314 g/mol. The summed E-state index contributed by atoms with van der Waals surface area (Å²) in [5.41, 5.74) is 4.27. The number of rotatable bonds is 2. The van der Waals surface area contributed by atoms with Gasteiger partial charge in [-0.05, 0) is 63.5 Å². The van der Waals surface area contributed by atoms with Crippen molar-refractivity contribution in [3.8, 4) is 17.0 Å². The van der Waals surface area contributed by atoms with Crippen LogP contribution in [0.5, 0.6) is 5.75 Å². The molecule has 0 spiro atoms. The van der Waals surface area contributed by atoms with Crippen molar-refractivity contribution in [2.45, 2.75) is 32.7 Å². The highest BCUT2D eigenvalue weighted by molar-refractivity contribution is 5.85. The van der Waals surface area contributed by atoms with Crippen LogP contribution < -0.4 is 0 Å². The number of hydrogen-bond acceptors (Lipinski definition) is 5. The van der Waals surface area contributed by atoms with Crippen molar-refractivity contribution in [3.05, 3.63) is 35.5 Å². The van der Waals surface area contributed by atoms with Gasteiger partial charge >= 0.3 is 0 Å². The monoisotopic (exact) mass is 337 g/mol. The normalized spacial score (nSPS) is 18.8. The molecule has 0 radical (unpaired) electrons. The minimum atomic E-state index is 0.234. The smallest absolute Gasteiger partial charge is 0.181 e. The molecule has 0 aliphatic carbocycles. The van der Waals surface area contributed by atoms with Crippen LogP contribution in [-0.4, -0.2) is 50.1 Å². The summed E-state index contributed by atoms with van der Waals surface area (Å²) in [6, 6.07) is 5.96. The van der Waals surface area contributed by atoms with Crippen LogP contribution >= 0.6 is 0 Å². The lowest BCUT2D eigenvalue weighted by atomic mass is 10.0. The number of nitrogens with zero attached hydrogens (tertiary/aromatic N) is 5. The summed E-state index contributed by atoms with van der Waals surface area (Å²) in [6.45, 7) is 6.09. The molecule has 0 amide bonds. The average molecular weight is 337 g/mol. The molecule has 25 heavy (non-hydrogen) atoms. The second-order valence-electron chi connectivity index (χ2n) is 7.08. The van der Waals surface area contributed by atoms with Crippen LogP contribution in [0, 0.1) is 13.8 Å². The molecule has 4 rings (SSSR count). The first kappa shape index (κ1) is 16.0. The van der Waals surface area contributed by atoms with Gasteiger partial charge in [-0.1, -0.05) is 6.07 Å². The van der Waals surface area contributed by atoms with E-state index in [1.165, 1.54) is 6.42 Å². The molecule has 3 heterocycles. The predicted molar refractivity (Wildman–Crippen MR) is 97.7 cm³/mol. The highest BCUT2D eigenvalue weighted by atomic mass is 16.3. The molecule has 6 heteroatoms. The van der Waals surface area contributed by atoms with Gasteiger partial charge in [0.15, 0.2) is 5.65 Å². The van der Waals surface area contributed by atoms with Crippen molar-refractivity contribution >= 4 is 11.0 Å². The van der Waals surface area contributed by atoms with Gasteiger partial charge in [-0.15, -0.1) is 10.2 Å². The Morgan fingerprint density at radius 3 is 2.80 bits per heavy atom. The van der Waals surface area contributed by atoms with Gasteiger partial charge in [0.2, 0.25) is 0 Å². The second-order valence-corrected chi connectivity index (χ2v) is 7.08. The average Bonchev–Trinajstić information content (AvgIpc) is 3.01. The summed E-state index contributed by atoms with van der Waals surface area (Å²) in [4.78, 5) is 2.33. The number of phenols is 1. The lowest BCUT2D eigenvalue weighted by Crippen LogP contribution is -2.34. The van der Waals surface area contributed by atoms with Crippen molar-refractivity contribution < 1.29 is 5.11 Å². The molecule has 130 valence electrons. The molecule has 1 fully saturated rings. The Labute approximate surface area is 147 Å². The SMILES string of the molecule is Cc1ccc(-c2nnc3c(cnn3[C@@H]3CCCN(C)C3)c2C)c(O)c1. The highest BCUT2D eigenvalue weighted by Gasteiger charge is 2.23. The van der Waals surface area contributed by atoms with Crippen molar-refractivity contribution in [1.82, 2.24) is 24.9 Å². The summed E-state index contributed by atoms with van der Waals surface area (Å²) in [5.74, 6) is 0.234. The van der Waals surface area contributed by atoms with Gasteiger partial charge < -0.3 is 10.0 Å². The van der Waals surface area contributed by atoms with Crippen LogP contribution in [0.15, 0.2) is 24.4 Å². The topological polar surface area (TPSA) is 67.1 Å². The van der Waals surface area contributed by atoms with Crippen LogP contribution in [0.3, 0.4) is 0 Å². The Balaban J connectivity index is 1.79. The van der Waals surface area contributed by atoms with Gasteiger partial charge in [-0.25, -0.2) is 4.68 Å². The highest BCUT2D eigenvalue weighted by Crippen LogP contribution is 2.33. The summed E-state index contributed by atoms with van der Waals surface area (Å²) < 4.78 is 2.02. The lowest BCUT2D eigenvalue weighted by molar-refractivity contribution is 0.205. The van der Waals surface area contributed by atoms with Crippen molar-refractivity contribution in [2.24, 2.45) is 0 Å². The van der Waals surface area contributed by atoms with Gasteiger partial charge in [-0.3, -0.25) is 0 Å². The van der Waals surface area contributed by atoms with E-state index in [2.05, 4.69) is 27.2 Å². The third kappa shape index (κ3) is 2.76. The third-order valence-electron chi connectivity index (χ3n) is 5.13. The maximum atomic E-state index is 10.3. The van der Waals surface area contributed by atoms with Gasteiger partial charge in [0, 0.05) is 17.5 Å². The molecule has 6 nitrogen and oxygen atoms in total. The molecule has 1 aliphatic heterocycles. The van der Waals surface area contributed by atoms with Crippen molar-refractivity contribution in [3.63, 3.8) is 0 Å². The predicted octanol–water partition coefficient (Wildman–Crippen LogP) is 3.08. The molecule has 1 saturated heterocycles. The van der Waals surface area contributed by atoms with E-state index in [0.29, 0.717) is 17.3 Å². The van der Waals surface area contributed by atoms with E-state index in [0.717, 1.165) is 41.7 Å². The number of aryl methyl sites for hydroxylation is 2. The summed E-state index contributed by atoms with van der Waals surface area (Å²) in [7, 11) is 2.15. The van der Waals surface area contributed by atoms with Gasteiger partial charge in [0.05, 0.1) is 12.2 Å². The van der Waals surface area contributed by atoms with E-state index in [-0.39, 0.29) is 5.75 Å². The quantitative estimate of drug-likeness (QED) is 0.778. The molecule has 3 aromatic rings. The first-order chi connectivity index (χ1) is 12.0. The summed E-state index contributed by atoms with van der Waals surface area (Å²) in [5, 5.41) is 24.8. The largest absolute Gasteiger partial charge is 0.507 e. The molecule has 0 unspecified atom stereocenters. The number of aromatic hydroxyl groups is 1. The number of fused-ring (bicyclic) bond motifs is 1. The van der Waals surface area contributed by atoms with E-state index in [4.69, 9.17) is 0 Å². The minimum absolute atomic E-state index is 0.234.